The van der Waals surface area contributed by atoms with Crippen molar-refractivity contribution in [2.75, 3.05) is 10.2 Å². The van der Waals surface area contributed by atoms with Crippen LogP contribution in [0.2, 0.25) is 0 Å². The maximum absolute atomic E-state index is 13.1. The van der Waals surface area contributed by atoms with Gasteiger partial charge in [-0.05, 0) is 41.1 Å². The summed E-state index contributed by atoms with van der Waals surface area (Å²) >= 11 is 0. The van der Waals surface area contributed by atoms with Crippen LogP contribution in [0.15, 0.2) is 91.0 Å². The molecule has 0 spiro atoms. The minimum absolute atomic E-state index is 0.208. The molecular weight excluding hydrogens is 376 g/mol. The quantitative estimate of drug-likeness (QED) is 0.505. The molecule has 0 aromatic heterocycles. The molecule has 1 aliphatic rings. The van der Waals surface area contributed by atoms with E-state index in [9.17, 15) is 14.4 Å². The first kappa shape index (κ1) is 17.8. The first-order valence-electron chi connectivity index (χ1n) is 9.51. The maximum Gasteiger partial charge on any atom is 0.268 e. The van der Waals surface area contributed by atoms with E-state index in [1.807, 2.05) is 42.5 Å². The van der Waals surface area contributed by atoms with Gasteiger partial charge in [-0.3, -0.25) is 14.4 Å². The van der Waals surface area contributed by atoms with E-state index in [1.54, 1.807) is 48.5 Å². The van der Waals surface area contributed by atoms with Crippen LogP contribution in [0.1, 0.15) is 31.1 Å². The number of carbonyl (C=O) groups is 3. The van der Waals surface area contributed by atoms with Gasteiger partial charge in [-0.2, -0.15) is 0 Å². The average Bonchev–Trinajstić information content (AvgIpc) is 3.04. The molecule has 4 aromatic rings. The SMILES string of the molecule is O=C(Nc1cccc2c1C(=O)N(c1ccccc1)C2=O)c1cccc2ccccc12. The smallest absolute Gasteiger partial charge is 0.268 e. The molecule has 5 nitrogen and oxygen atoms in total. The number of para-hydroxylation sites is 1. The van der Waals surface area contributed by atoms with Crippen LogP contribution in [-0.2, 0) is 0 Å². The molecule has 144 valence electrons. The molecule has 30 heavy (non-hydrogen) atoms. The number of anilines is 2. The standard InChI is InChI=1S/C25H16N2O3/c28-23(19-13-6-9-16-8-4-5-12-18(16)19)26-21-15-7-14-20-22(21)25(30)27(24(20)29)17-10-2-1-3-11-17/h1-15H,(H,26,28). The van der Waals surface area contributed by atoms with E-state index in [0.717, 1.165) is 15.7 Å². The van der Waals surface area contributed by atoms with E-state index in [2.05, 4.69) is 5.32 Å². The normalized spacial score (nSPS) is 12.9. The second kappa shape index (κ2) is 6.97. The maximum atomic E-state index is 13.1. The van der Waals surface area contributed by atoms with Crippen LogP contribution >= 0.6 is 0 Å². The first-order valence-corrected chi connectivity index (χ1v) is 9.51. The van der Waals surface area contributed by atoms with Crippen LogP contribution in [0.3, 0.4) is 0 Å². The summed E-state index contributed by atoms with van der Waals surface area (Å²) in [7, 11) is 0. The summed E-state index contributed by atoms with van der Waals surface area (Å²) in [5, 5.41) is 4.60. The Bertz CT molecular complexity index is 1320. The lowest BCUT2D eigenvalue weighted by Gasteiger charge is -2.14. The van der Waals surface area contributed by atoms with Crippen molar-refractivity contribution in [3.8, 4) is 0 Å². The number of benzene rings is 4. The zero-order valence-electron chi connectivity index (χ0n) is 15.8. The van der Waals surface area contributed by atoms with Gasteiger partial charge >= 0.3 is 0 Å². The molecule has 3 amide bonds. The Kier molecular flexibility index (Phi) is 4.14. The highest BCUT2D eigenvalue weighted by molar-refractivity contribution is 6.36. The fraction of sp³-hybridized carbons (Fsp3) is 0. The molecule has 0 fully saturated rings. The number of rotatable bonds is 3. The van der Waals surface area contributed by atoms with Crippen LogP contribution in [0.25, 0.3) is 10.8 Å². The second-order valence-corrected chi connectivity index (χ2v) is 6.99. The van der Waals surface area contributed by atoms with Gasteiger partial charge in [-0.1, -0.05) is 60.7 Å². The first-order chi connectivity index (χ1) is 14.6. The van der Waals surface area contributed by atoms with Gasteiger partial charge in [0.2, 0.25) is 0 Å². The van der Waals surface area contributed by atoms with E-state index in [0.29, 0.717) is 16.9 Å². The molecule has 0 atom stereocenters. The summed E-state index contributed by atoms with van der Waals surface area (Å²) < 4.78 is 0. The molecule has 0 unspecified atom stereocenters. The summed E-state index contributed by atoms with van der Waals surface area (Å²) in [5.41, 5.74) is 1.80. The summed E-state index contributed by atoms with van der Waals surface area (Å²) in [6.07, 6.45) is 0. The zero-order chi connectivity index (χ0) is 20.7. The fourth-order valence-electron chi connectivity index (χ4n) is 3.81. The number of carbonyl (C=O) groups excluding carboxylic acids is 3. The van der Waals surface area contributed by atoms with Gasteiger partial charge in [0.05, 0.1) is 22.5 Å². The highest BCUT2D eigenvalue weighted by atomic mass is 16.2. The Balaban J connectivity index is 1.54. The minimum Gasteiger partial charge on any atom is -0.321 e. The van der Waals surface area contributed by atoms with Gasteiger partial charge < -0.3 is 5.32 Å². The summed E-state index contributed by atoms with van der Waals surface area (Å²) in [5.74, 6) is -1.18. The highest BCUT2D eigenvalue weighted by Crippen LogP contribution is 2.33. The Morgan fingerprint density at radius 2 is 1.40 bits per heavy atom. The Morgan fingerprint density at radius 1 is 0.700 bits per heavy atom. The summed E-state index contributed by atoms with van der Waals surface area (Å²) in [4.78, 5) is 40.2. The lowest BCUT2D eigenvalue weighted by Crippen LogP contribution is -2.29. The summed E-state index contributed by atoms with van der Waals surface area (Å²) in [6, 6.07) is 26.8. The monoisotopic (exact) mass is 392 g/mol. The Labute approximate surface area is 172 Å². The average molecular weight is 392 g/mol. The number of nitrogens with zero attached hydrogens (tertiary/aromatic N) is 1. The van der Waals surface area contributed by atoms with Gasteiger partial charge in [-0.15, -0.1) is 0 Å². The molecule has 1 aliphatic heterocycles. The number of fused-ring (bicyclic) bond motifs is 2. The molecule has 0 radical (unpaired) electrons. The van der Waals surface area contributed by atoms with E-state index >= 15 is 0 Å². The van der Waals surface area contributed by atoms with Crippen molar-refractivity contribution < 1.29 is 14.4 Å². The third-order valence-corrected chi connectivity index (χ3v) is 5.21. The molecule has 1 N–H and O–H groups in total. The van der Waals surface area contributed by atoms with Crippen molar-refractivity contribution in [1.82, 2.24) is 0 Å². The molecule has 5 rings (SSSR count). The molecular formula is C25H16N2O3. The molecule has 0 aliphatic carbocycles. The predicted molar refractivity (Wildman–Crippen MR) is 116 cm³/mol. The van der Waals surface area contributed by atoms with Gasteiger partial charge in [-0.25, -0.2) is 4.90 Å². The fourth-order valence-corrected chi connectivity index (χ4v) is 3.81. The predicted octanol–water partition coefficient (Wildman–Crippen LogP) is 4.89. The van der Waals surface area contributed by atoms with Gasteiger partial charge in [0.1, 0.15) is 0 Å². The van der Waals surface area contributed by atoms with E-state index < -0.39 is 11.8 Å². The molecule has 0 bridgehead atoms. The van der Waals surface area contributed by atoms with Crippen molar-refractivity contribution in [1.29, 1.82) is 0 Å². The Morgan fingerprint density at radius 3 is 2.23 bits per heavy atom. The highest BCUT2D eigenvalue weighted by Gasteiger charge is 2.38. The number of hydrogen-bond acceptors (Lipinski definition) is 3. The van der Waals surface area contributed by atoms with Crippen LogP contribution in [-0.4, -0.2) is 17.7 Å². The third-order valence-electron chi connectivity index (χ3n) is 5.21. The topological polar surface area (TPSA) is 66.5 Å². The van der Waals surface area contributed by atoms with Gasteiger partial charge in [0.25, 0.3) is 17.7 Å². The van der Waals surface area contributed by atoms with Crippen molar-refractivity contribution in [3.05, 3.63) is 108 Å². The van der Waals surface area contributed by atoms with E-state index in [1.165, 1.54) is 0 Å². The van der Waals surface area contributed by atoms with Crippen molar-refractivity contribution in [3.63, 3.8) is 0 Å². The minimum atomic E-state index is -0.449. The number of nitrogens with one attached hydrogen (secondary N) is 1. The van der Waals surface area contributed by atoms with Crippen molar-refractivity contribution in [2.45, 2.75) is 0 Å². The van der Waals surface area contributed by atoms with Gasteiger partial charge in [0.15, 0.2) is 0 Å². The van der Waals surface area contributed by atoms with Crippen LogP contribution < -0.4 is 10.2 Å². The van der Waals surface area contributed by atoms with Crippen LogP contribution in [0.4, 0.5) is 11.4 Å². The molecule has 0 saturated carbocycles. The zero-order valence-corrected chi connectivity index (χ0v) is 15.8. The van der Waals surface area contributed by atoms with E-state index in [-0.39, 0.29) is 17.0 Å². The second-order valence-electron chi connectivity index (χ2n) is 6.99. The van der Waals surface area contributed by atoms with Crippen molar-refractivity contribution in [2.24, 2.45) is 0 Å². The molecule has 1 heterocycles. The number of amides is 3. The van der Waals surface area contributed by atoms with Crippen LogP contribution in [0, 0.1) is 0 Å². The lowest BCUT2D eigenvalue weighted by atomic mass is 10.0. The molecule has 0 saturated heterocycles. The van der Waals surface area contributed by atoms with Crippen LogP contribution in [0.5, 0.6) is 0 Å². The largest absolute Gasteiger partial charge is 0.321 e. The Hall–Kier alpha value is -4.25. The number of imide groups is 1. The molecule has 4 aromatic carbocycles. The van der Waals surface area contributed by atoms with Crippen molar-refractivity contribution >= 4 is 39.9 Å². The van der Waals surface area contributed by atoms with Gasteiger partial charge in [0, 0.05) is 5.56 Å². The van der Waals surface area contributed by atoms with E-state index in [4.69, 9.17) is 0 Å². The number of hydrogen-bond donors (Lipinski definition) is 1. The third kappa shape index (κ3) is 2.76. The molecule has 5 heteroatoms. The lowest BCUT2D eigenvalue weighted by molar-refractivity contribution is 0.0926. The summed E-state index contributed by atoms with van der Waals surface area (Å²) in [6.45, 7) is 0.